The zero-order valence-corrected chi connectivity index (χ0v) is 24.9. The Bertz CT molecular complexity index is 1670. The Morgan fingerprint density at radius 3 is 2.70 bits per heavy atom. The number of hydrogen-bond donors (Lipinski definition) is 2. The van der Waals surface area contributed by atoms with Crippen LogP contribution in [0.25, 0.3) is 11.3 Å². The van der Waals surface area contributed by atoms with Crippen LogP contribution in [0, 0.1) is 6.92 Å². The fourth-order valence-corrected chi connectivity index (χ4v) is 5.43. The molecule has 2 aliphatic rings. The smallest absolute Gasteiger partial charge is 0.254 e. The molecule has 2 aliphatic heterocycles. The van der Waals surface area contributed by atoms with Crippen molar-refractivity contribution >= 4 is 41.1 Å². The van der Waals surface area contributed by atoms with Gasteiger partial charge in [-0.3, -0.25) is 14.9 Å². The number of anilines is 3. The van der Waals surface area contributed by atoms with E-state index >= 15 is 0 Å². The standard InChI is InChI=1S/C30H32ClN9O3/c1-18-13-27(43-37-18)35-30-32-15-23(31)28(36-30)20-7-8-21-16-40(29(42)22(21)14-20)17-26(41)33-19(2)24-5-4-6-25(34-24)39-11-9-38(3)10-12-39/h4-8,13-15,19H,9-12,16-17H2,1-3H3,(H,33,41)(H,32,35,36). The SMILES string of the molecule is Cc1cc(Nc2ncc(Cl)c(-c3ccc4c(c3)C(=O)N(CC(=O)NC(C)c3cccc(N5CCN(C)CC5)n3)C4)n2)on1. The molecule has 1 unspecified atom stereocenters. The maximum absolute atomic E-state index is 13.3. The van der Waals surface area contributed by atoms with E-state index < -0.39 is 0 Å². The minimum absolute atomic E-state index is 0.0652. The van der Waals surface area contributed by atoms with E-state index in [4.69, 9.17) is 21.1 Å². The lowest BCUT2D eigenvalue weighted by Crippen LogP contribution is -2.45. The fourth-order valence-electron chi connectivity index (χ4n) is 5.23. The normalized spacial score (nSPS) is 15.9. The van der Waals surface area contributed by atoms with Crippen LogP contribution in [0.1, 0.15) is 40.3 Å². The number of carbonyl (C=O) groups is 2. The Hall–Kier alpha value is -4.55. The van der Waals surface area contributed by atoms with E-state index in [-0.39, 0.29) is 30.3 Å². The van der Waals surface area contributed by atoms with Gasteiger partial charge >= 0.3 is 0 Å². The molecule has 1 saturated heterocycles. The van der Waals surface area contributed by atoms with Gasteiger partial charge in [0.1, 0.15) is 12.4 Å². The number of halogens is 1. The van der Waals surface area contributed by atoms with E-state index in [1.54, 1.807) is 12.1 Å². The van der Waals surface area contributed by atoms with Gasteiger partial charge in [-0.25, -0.2) is 15.0 Å². The predicted octanol–water partition coefficient (Wildman–Crippen LogP) is 3.82. The highest BCUT2D eigenvalue weighted by atomic mass is 35.5. The van der Waals surface area contributed by atoms with Crippen LogP contribution in [-0.4, -0.2) is 81.5 Å². The summed E-state index contributed by atoms with van der Waals surface area (Å²) < 4.78 is 5.18. The topological polar surface area (TPSA) is 133 Å². The second-order valence-corrected chi connectivity index (χ2v) is 11.3. The molecule has 0 bridgehead atoms. The van der Waals surface area contributed by atoms with Crippen molar-refractivity contribution in [3.05, 3.63) is 76.2 Å². The largest absolute Gasteiger partial charge is 0.354 e. The van der Waals surface area contributed by atoms with Gasteiger partial charge in [0.2, 0.25) is 17.7 Å². The molecule has 13 heteroatoms. The summed E-state index contributed by atoms with van der Waals surface area (Å²) >= 11 is 6.43. The molecule has 6 rings (SSSR count). The molecule has 2 amide bonds. The molecule has 1 fully saturated rings. The minimum atomic E-state index is -0.310. The van der Waals surface area contributed by atoms with Crippen molar-refractivity contribution in [2.45, 2.75) is 26.4 Å². The van der Waals surface area contributed by atoms with Crippen LogP contribution < -0.4 is 15.5 Å². The molecule has 222 valence electrons. The van der Waals surface area contributed by atoms with Crippen molar-refractivity contribution in [2.75, 3.05) is 50.0 Å². The number of hydrogen-bond acceptors (Lipinski definition) is 10. The number of amides is 2. The lowest BCUT2D eigenvalue weighted by molar-refractivity contribution is -0.122. The van der Waals surface area contributed by atoms with Gasteiger partial charge in [-0.2, -0.15) is 0 Å². The van der Waals surface area contributed by atoms with Crippen molar-refractivity contribution in [3.63, 3.8) is 0 Å². The summed E-state index contributed by atoms with van der Waals surface area (Å²) in [5.41, 5.74) is 3.95. The average Bonchev–Trinajstić information content (AvgIpc) is 3.55. The third-order valence-electron chi connectivity index (χ3n) is 7.61. The molecule has 0 saturated carbocycles. The van der Waals surface area contributed by atoms with Gasteiger partial charge in [0.25, 0.3) is 5.91 Å². The maximum atomic E-state index is 13.3. The molecule has 0 aliphatic carbocycles. The highest BCUT2D eigenvalue weighted by molar-refractivity contribution is 6.33. The average molecular weight is 602 g/mol. The quantitative estimate of drug-likeness (QED) is 0.307. The van der Waals surface area contributed by atoms with Crippen LogP contribution in [0.3, 0.4) is 0 Å². The fraction of sp³-hybridized carbons (Fsp3) is 0.333. The number of rotatable bonds is 8. The van der Waals surface area contributed by atoms with Crippen LogP contribution in [-0.2, 0) is 11.3 Å². The summed E-state index contributed by atoms with van der Waals surface area (Å²) in [5, 5.41) is 10.1. The van der Waals surface area contributed by atoms with E-state index in [1.807, 2.05) is 44.2 Å². The van der Waals surface area contributed by atoms with Crippen molar-refractivity contribution < 1.29 is 14.1 Å². The van der Waals surface area contributed by atoms with Crippen molar-refractivity contribution in [1.82, 2.24) is 35.2 Å². The Balaban J connectivity index is 1.10. The van der Waals surface area contributed by atoms with Crippen LogP contribution >= 0.6 is 11.6 Å². The Labute approximate surface area is 254 Å². The second kappa shape index (κ2) is 12.0. The zero-order chi connectivity index (χ0) is 30.1. The molecule has 0 spiro atoms. The number of pyridine rings is 1. The van der Waals surface area contributed by atoms with Gasteiger partial charge < -0.3 is 24.5 Å². The van der Waals surface area contributed by atoms with Gasteiger partial charge in [0.15, 0.2) is 0 Å². The highest BCUT2D eigenvalue weighted by Crippen LogP contribution is 2.32. The molecular weight excluding hydrogens is 570 g/mol. The molecule has 4 aromatic rings. The summed E-state index contributed by atoms with van der Waals surface area (Å²) in [6.45, 7) is 7.78. The first-order valence-electron chi connectivity index (χ1n) is 14.1. The molecule has 12 nitrogen and oxygen atoms in total. The lowest BCUT2D eigenvalue weighted by Gasteiger charge is -2.33. The third-order valence-corrected chi connectivity index (χ3v) is 7.88. The number of benzene rings is 1. The number of carbonyl (C=O) groups excluding carboxylic acids is 2. The van der Waals surface area contributed by atoms with Gasteiger partial charge in [0, 0.05) is 49.9 Å². The summed E-state index contributed by atoms with van der Waals surface area (Å²) in [4.78, 5) is 46.0. The highest BCUT2D eigenvalue weighted by Gasteiger charge is 2.30. The molecular formula is C30H32ClN9O3. The summed E-state index contributed by atoms with van der Waals surface area (Å²) in [7, 11) is 2.12. The molecule has 2 N–H and O–H groups in total. The summed E-state index contributed by atoms with van der Waals surface area (Å²) in [5.74, 6) is 1.11. The van der Waals surface area contributed by atoms with Gasteiger partial charge in [-0.15, -0.1) is 0 Å². The molecule has 0 radical (unpaired) electrons. The Morgan fingerprint density at radius 2 is 1.93 bits per heavy atom. The number of nitrogens with zero attached hydrogens (tertiary/aromatic N) is 7. The number of aromatic nitrogens is 4. The van der Waals surface area contributed by atoms with Crippen molar-refractivity contribution in [2.24, 2.45) is 0 Å². The van der Waals surface area contributed by atoms with E-state index in [9.17, 15) is 9.59 Å². The third kappa shape index (κ3) is 6.30. The van der Waals surface area contributed by atoms with E-state index in [1.165, 1.54) is 11.1 Å². The van der Waals surface area contributed by atoms with E-state index in [0.717, 1.165) is 43.3 Å². The number of fused-ring (bicyclic) bond motifs is 1. The molecule has 1 aromatic carbocycles. The van der Waals surface area contributed by atoms with Gasteiger partial charge in [-0.05, 0) is 44.7 Å². The first kappa shape index (κ1) is 28.6. The van der Waals surface area contributed by atoms with Crippen LogP contribution in [0.15, 0.2) is 53.2 Å². The number of aryl methyl sites for hydroxylation is 1. The molecule has 43 heavy (non-hydrogen) atoms. The predicted molar refractivity (Wildman–Crippen MR) is 162 cm³/mol. The number of nitrogens with one attached hydrogen (secondary N) is 2. The summed E-state index contributed by atoms with van der Waals surface area (Å²) in [6.07, 6.45) is 1.48. The van der Waals surface area contributed by atoms with Crippen LogP contribution in [0.2, 0.25) is 5.02 Å². The first-order chi connectivity index (χ1) is 20.7. The lowest BCUT2D eigenvalue weighted by atomic mass is 10.0. The molecule has 1 atom stereocenters. The van der Waals surface area contributed by atoms with Crippen LogP contribution in [0.5, 0.6) is 0 Å². The second-order valence-electron chi connectivity index (χ2n) is 10.9. The molecule has 5 heterocycles. The van der Waals surface area contributed by atoms with Crippen molar-refractivity contribution in [1.29, 1.82) is 0 Å². The summed E-state index contributed by atoms with van der Waals surface area (Å²) in [6, 6.07) is 12.8. The zero-order valence-electron chi connectivity index (χ0n) is 24.2. The van der Waals surface area contributed by atoms with Gasteiger partial charge in [0.05, 0.1) is 34.3 Å². The monoisotopic (exact) mass is 601 g/mol. The Kier molecular flexibility index (Phi) is 7.96. The Morgan fingerprint density at radius 1 is 1.12 bits per heavy atom. The van der Waals surface area contributed by atoms with E-state index in [2.05, 4.69) is 42.6 Å². The number of likely N-dealkylation sites (N-methyl/N-ethyl adjacent to an activating group) is 1. The van der Waals surface area contributed by atoms with Gasteiger partial charge in [-0.1, -0.05) is 35.0 Å². The first-order valence-corrected chi connectivity index (χ1v) is 14.5. The van der Waals surface area contributed by atoms with Crippen molar-refractivity contribution in [3.8, 4) is 11.3 Å². The minimum Gasteiger partial charge on any atom is -0.354 e. The number of piperazine rings is 1. The van der Waals surface area contributed by atoms with E-state index in [0.29, 0.717) is 40.0 Å². The molecule has 3 aromatic heterocycles. The van der Waals surface area contributed by atoms with Crippen LogP contribution in [0.4, 0.5) is 17.7 Å². The maximum Gasteiger partial charge on any atom is 0.254 e.